The van der Waals surface area contributed by atoms with Crippen LogP contribution in [0.25, 0.3) is 0 Å². The second kappa shape index (κ2) is 11.5. The van der Waals surface area contributed by atoms with Crippen LogP contribution in [0.15, 0.2) is 11.1 Å². The molecular weight excluding hydrogens is 356 g/mol. The van der Waals surface area contributed by atoms with Crippen molar-refractivity contribution in [2.75, 3.05) is 13.1 Å². The van der Waals surface area contributed by atoms with Gasteiger partial charge in [-0.1, -0.05) is 0 Å². The largest absolute Gasteiger partial charge is 0.481 e. The van der Waals surface area contributed by atoms with Crippen molar-refractivity contribution < 1.29 is 49.2 Å². The zero-order valence-electron chi connectivity index (χ0n) is 13.6. The number of rotatable bonds is 13. The van der Waals surface area contributed by atoms with Crippen molar-refractivity contribution in [3.63, 3.8) is 0 Å². The Hall–Kier alpha value is -2.99. The lowest BCUT2D eigenvalue weighted by molar-refractivity contribution is -0.147. The maximum absolute atomic E-state index is 12.3. The Labute approximate surface area is 147 Å². The molecule has 0 aliphatic carbocycles. The van der Waals surface area contributed by atoms with Gasteiger partial charge in [-0.2, -0.15) is 5.48 Å². The van der Waals surface area contributed by atoms with Gasteiger partial charge in [0.1, 0.15) is 0 Å². The number of carbonyl (C=O) groups excluding carboxylic acids is 1. The Kier molecular flexibility index (Phi) is 10.2. The minimum absolute atomic E-state index is 0.00867. The lowest BCUT2D eigenvalue weighted by atomic mass is 9.86. The first kappa shape index (κ1) is 23.0. The summed E-state index contributed by atoms with van der Waals surface area (Å²) in [5, 5.41) is 35.8. The fraction of sp³-hybridized carbons (Fsp3) is 0.500. The van der Waals surface area contributed by atoms with E-state index in [1.54, 1.807) is 0 Å². The maximum atomic E-state index is 12.3. The molecule has 7 N–H and O–H groups in total. The molecule has 12 heteroatoms. The van der Waals surface area contributed by atoms with Gasteiger partial charge in [-0.3, -0.25) is 19.2 Å². The number of carbonyl (C=O) groups is 5. The molecule has 0 aliphatic heterocycles. The summed E-state index contributed by atoms with van der Waals surface area (Å²) in [6.45, 7) is 0.0753. The van der Waals surface area contributed by atoms with Crippen LogP contribution in [0.3, 0.4) is 0 Å². The quantitative estimate of drug-likeness (QED) is 0.127. The standard InChI is InChI=1S/C14H20N2O10/c15-1-2-16-26-14(25)13(7(3-9(17)18)4-10(19)20)8(5-11(21)22)6-12(23)24/h7,16H,1-6,15H2,(H,17,18)(H,19,20)(H,21,22)(H,23,24). The summed E-state index contributed by atoms with van der Waals surface area (Å²) >= 11 is 0. The van der Waals surface area contributed by atoms with Gasteiger partial charge >= 0.3 is 29.8 Å². The van der Waals surface area contributed by atoms with Gasteiger partial charge in [0, 0.05) is 24.6 Å². The van der Waals surface area contributed by atoms with Crippen LogP contribution in [0.2, 0.25) is 0 Å². The number of carboxylic acid groups (broad SMARTS) is 4. The third-order valence-corrected chi connectivity index (χ3v) is 2.99. The molecule has 12 nitrogen and oxygen atoms in total. The van der Waals surface area contributed by atoms with Gasteiger partial charge < -0.3 is 31.0 Å². The highest BCUT2D eigenvalue weighted by molar-refractivity contribution is 5.93. The van der Waals surface area contributed by atoms with E-state index in [-0.39, 0.29) is 13.1 Å². The van der Waals surface area contributed by atoms with Crippen LogP contribution < -0.4 is 11.2 Å². The molecule has 0 aromatic heterocycles. The van der Waals surface area contributed by atoms with Crippen molar-refractivity contribution in [3.05, 3.63) is 11.1 Å². The van der Waals surface area contributed by atoms with Gasteiger partial charge in [-0.05, 0) is 5.57 Å². The van der Waals surface area contributed by atoms with Gasteiger partial charge in [-0.15, -0.1) is 0 Å². The van der Waals surface area contributed by atoms with Crippen molar-refractivity contribution >= 4 is 29.8 Å². The monoisotopic (exact) mass is 376 g/mol. The molecule has 0 bridgehead atoms. The molecule has 0 saturated carbocycles. The minimum Gasteiger partial charge on any atom is -0.481 e. The van der Waals surface area contributed by atoms with E-state index >= 15 is 0 Å². The zero-order chi connectivity index (χ0) is 20.3. The summed E-state index contributed by atoms with van der Waals surface area (Å²) in [6, 6.07) is 0. The molecule has 0 atom stereocenters. The van der Waals surface area contributed by atoms with E-state index in [1.165, 1.54) is 0 Å². The van der Waals surface area contributed by atoms with E-state index in [0.717, 1.165) is 0 Å². The Morgan fingerprint density at radius 1 is 0.846 bits per heavy atom. The summed E-state index contributed by atoms with van der Waals surface area (Å²) in [5.74, 6) is -8.62. The predicted octanol–water partition coefficient (Wildman–Crippen LogP) is -1.20. The van der Waals surface area contributed by atoms with E-state index in [0.29, 0.717) is 0 Å². The number of nitrogens with two attached hydrogens (primary N) is 1. The highest BCUT2D eigenvalue weighted by Crippen LogP contribution is 2.28. The molecule has 26 heavy (non-hydrogen) atoms. The van der Waals surface area contributed by atoms with E-state index in [4.69, 9.17) is 26.2 Å². The summed E-state index contributed by atoms with van der Waals surface area (Å²) < 4.78 is 0. The van der Waals surface area contributed by atoms with Gasteiger partial charge in [0.2, 0.25) is 0 Å². The Morgan fingerprint density at radius 2 is 1.31 bits per heavy atom. The highest BCUT2D eigenvalue weighted by atomic mass is 16.7. The first-order chi connectivity index (χ1) is 12.1. The first-order valence-electron chi connectivity index (χ1n) is 7.31. The second-order valence-corrected chi connectivity index (χ2v) is 5.12. The van der Waals surface area contributed by atoms with Crippen LogP contribution in [0.4, 0.5) is 0 Å². The lowest BCUT2D eigenvalue weighted by Crippen LogP contribution is -2.30. The van der Waals surface area contributed by atoms with E-state index in [9.17, 15) is 24.0 Å². The average molecular weight is 376 g/mol. The molecule has 0 unspecified atom stereocenters. The van der Waals surface area contributed by atoms with Crippen molar-refractivity contribution in [1.29, 1.82) is 0 Å². The van der Waals surface area contributed by atoms with Crippen molar-refractivity contribution in [1.82, 2.24) is 5.48 Å². The molecular formula is C14H20N2O10. The fourth-order valence-corrected chi connectivity index (χ4v) is 2.15. The van der Waals surface area contributed by atoms with Gasteiger partial charge in [-0.25, -0.2) is 4.79 Å². The van der Waals surface area contributed by atoms with Gasteiger partial charge in [0.05, 0.1) is 25.7 Å². The molecule has 0 aromatic carbocycles. The van der Waals surface area contributed by atoms with Crippen LogP contribution >= 0.6 is 0 Å². The minimum atomic E-state index is -1.48. The Bertz CT molecular complexity index is 565. The summed E-state index contributed by atoms with van der Waals surface area (Å²) in [5.41, 5.74) is 6.28. The molecule has 0 saturated heterocycles. The smallest absolute Gasteiger partial charge is 0.352 e. The Morgan fingerprint density at radius 3 is 1.65 bits per heavy atom. The van der Waals surface area contributed by atoms with Crippen LogP contribution in [0, 0.1) is 5.92 Å². The van der Waals surface area contributed by atoms with Crippen molar-refractivity contribution in [2.45, 2.75) is 25.7 Å². The number of carboxylic acids is 4. The van der Waals surface area contributed by atoms with E-state index < -0.39 is 72.6 Å². The molecule has 0 radical (unpaired) electrons. The number of hydroxylamine groups is 1. The first-order valence-corrected chi connectivity index (χ1v) is 7.31. The van der Waals surface area contributed by atoms with Crippen LogP contribution in [-0.2, 0) is 28.8 Å². The summed E-state index contributed by atoms with van der Waals surface area (Å²) in [7, 11) is 0. The second-order valence-electron chi connectivity index (χ2n) is 5.12. The number of hydrogen-bond donors (Lipinski definition) is 6. The number of nitrogens with one attached hydrogen (secondary N) is 1. The van der Waals surface area contributed by atoms with E-state index in [2.05, 4.69) is 10.3 Å². The van der Waals surface area contributed by atoms with Crippen LogP contribution in [0.1, 0.15) is 25.7 Å². The molecule has 0 rings (SSSR count). The van der Waals surface area contributed by atoms with Gasteiger partial charge in [0.15, 0.2) is 0 Å². The topological polar surface area (TPSA) is 214 Å². The fourth-order valence-electron chi connectivity index (χ4n) is 2.15. The summed E-state index contributed by atoms with van der Waals surface area (Å²) in [4.78, 5) is 60.9. The molecule has 0 spiro atoms. The average Bonchev–Trinajstić information content (AvgIpc) is 2.44. The van der Waals surface area contributed by atoms with Gasteiger partial charge in [0.25, 0.3) is 0 Å². The third kappa shape index (κ3) is 9.34. The molecule has 146 valence electrons. The normalized spacial score (nSPS) is 10.2. The van der Waals surface area contributed by atoms with Crippen LogP contribution in [0.5, 0.6) is 0 Å². The molecule has 0 aromatic rings. The number of aliphatic carboxylic acids is 4. The SMILES string of the molecule is NCCNOC(=O)C(=C(CC(=O)O)CC(=O)O)C(CC(=O)O)CC(=O)O. The molecule has 0 heterocycles. The molecule has 0 fully saturated rings. The van der Waals surface area contributed by atoms with E-state index in [1.807, 2.05) is 0 Å². The van der Waals surface area contributed by atoms with Crippen molar-refractivity contribution in [2.24, 2.45) is 11.7 Å². The van der Waals surface area contributed by atoms with Crippen molar-refractivity contribution in [3.8, 4) is 0 Å². The number of hydrogen-bond acceptors (Lipinski definition) is 8. The lowest BCUT2D eigenvalue weighted by Gasteiger charge is -2.19. The summed E-state index contributed by atoms with van der Waals surface area (Å²) in [6.07, 6.45) is -3.47. The predicted molar refractivity (Wildman–Crippen MR) is 82.7 cm³/mol. The zero-order valence-corrected chi connectivity index (χ0v) is 13.6. The van der Waals surface area contributed by atoms with Crippen LogP contribution in [-0.4, -0.2) is 63.4 Å². The molecule has 0 amide bonds. The Balaban J connectivity index is 6.11. The maximum Gasteiger partial charge on any atom is 0.352 e. The third-order valence-electron chi connectivity index (χ3n) is 2.99. The molecule has 0 aliphatic rings. The highest BCUT2D eigenvalue weighted by Gasteiger charge is 2.31.